The number of fused-ring (bicyclic) bond motifs is 5. The Hall–Kier alpha value is -0.890. The summed E-state index contributed by atoms with van der Waals surface area (Å²) in [6, 6.07) is 0. The Balaban J connectivity index is 1.73. The van der Waals surface area contributed by atoms with Crippen molar-refractivity contribution in [3.63, 3.8) is 0 Å². The molecule has 0 radical (unpaired) electrons. The van der Waals surface area contributed by atoms with E-state index in [1.165, 1.54) is 12.0 Å². The maximum absolute atomic E-state index is 11.8. The predicted octanol–water partition coefficient (Wildman–Crippen LogP) is 4.05. The Labute approximate surface area is 133 Å². The fraction of sp³-hybridized carbons (Fsp3) is 0.750. The largest absolute Gasteiger partial charge is 0.390 e. The minimum Gasteiger partial charge on any atom is -0.390 e. The number of aliphatic hydroxyl groups is 1. The number of hydrogen-bond acceptors (Lipinski definition) is 2. The Kier molecular flexibility index (Phi) is 2.90. The monoisotopic (exact) mass is 300 g/mol. The number of allylic oxidation sites excluding steroid dienone is 4. The molecule has 0 bridgehead atoms. The van der Waals surface area contributed by atoms with Crippen molar-refractivity contribution < 1.29 is 9.90 Å². The first-order chi connectivity index (χ1) is 10.3. The highest BCUT2D eigenvalue weighted by Gasteiger charge is 2.61. The smallest absolute Gasteiger partial charge is 0.159 e. The number of carbonyl (C=O) groups is 1. The lowest BCUT2D eigenvalue weighted by Gasteiger charge is -2.57. The third kappa shape index (κ3) is 1.68. The lowest BCUT2D eigenvalue weighted by molar-refractivity contribution is -0.116. The lowest BCUT2D eigenvalue weighted by Crippen LogP contribution is -2.53. The van der Waals surface area contributed by atoms with E-state index in [0.29, 0.717) is 24.2 Å². The van der Waals surface area contributed by atoms with Crippen LogP contribution in [0.15, 0.2) is 23.8 Å². The molecule has 0 heterocycles. The molecule has 6 atom stereocenters. The topological polar surface area (TPSA) is 37.3 Å². The number of rotatable bonds is 0. The van der Waals surface area contributed by atoms with Crippen LogP contribution in [-0.2, 0) is 4.79 Å². The molecule has 2 heteroatoms. The summed E-state index contributed by atoms with van der Waals surface area (Å²) < 4.78 is 0. The van der Waals surface area contributed by atoms with Crippen molar-refractivity contribution in [2.24, 2.45) is 28.6 Å². The van der Waals surface area contributed by atoms with Crippen molar-refractivity contribution in [3.8, 4) is 0 Å². The van der Waals surface area contributed by atoms with Crippen LogP contribution in [0.3, 0.4) is 0 Å². The van der Waals surface area contributed by atoms with Crippen LogP contribution < -0.4 is 0 Å². The van der Waals surface area contributed by atoms with Crippen molar-refractivity contribution in [1.29, 1.82) is 0 Å². The van der Waals surface area contributed by atoms with Crippen LogP contribution in [0.25, 0.3) is 0 Å². The number of ketones is 1. The Bertz CT molecular complexity index is 585. The van der Waals surface area contributed by atoms with E-state index < -0.39 is 5.60 Å². The Morgan fingerprint density at radius 3 is 2.64 bits per heavy atom. The van der Waals surface area contributed by atoms with Gasteiger partial charge in [-0.25, -0.2) is 0 Å². The summed E-state index contributed by atoms with van der Waals surface area (Å²) in [5, 5.41) is 10.9. The van der Waals surface area contributed by atoms with E-state index in [1.807, 2.05) is 6.08 Å². The zero-order chi connectivity index (χ0) is 15.8. The van der Waals surface area contributed by atoms with Gasteiger partial charge in [0.2, 0.25) is 0 Å². The summed E-state index contributed by atoms with van der Waals surface area (Å²) in [5.74, 6) is 2.19. The molecule has 2 fully saturated rings. The van der Waals surface area contributed by atoms with Gasteiger partial charge in [-0.3, -0.25) is 4.79 Å². The number of hydrogen-bond donors (Lipinski definition) is 1. The van der Waals surface area contributed by atoms with E-state index in [2.05, 4.69) is 32.9 Å². The highest BCUT2D eigenvalue weighted by atomic mass is 16.3. The zero-order valence-electron chi connectivity index (χ0n) is 14.1. The molecule has 4 aliphatic carbocycles. The van der Waals surface area contributed by atoms with Gasteiger partial charge in [0.05, 0.1) is 5.60 Å². The van der Waals surface area contributed by atoms with Gasteiger partial charge in [0.1, 0.15) is 0 Å². The van der Waals surface area contributed by atoms with E-state index in [0.717, 1.165) is 25.7 Å². The van der Waals surface area contributed by atoms with Crippen molar-refractivity contribution in [2.45, 2.75) is 64.9 Å². The Morgan fingerprint density at radius 2 is 1.86 bits per heavy atom. The second-order valence-corrected chi connectivity index (χ2v) is 8.87. The van der Waals surface area contributed by atoms with Crippen LogP contribution in [0.4, 0.5) is 0 Å². The molecule has 0 saturated heterocycles. The second kappa shape index (κ2) is 4.35. The standard InChI is InChI=1S/C20H28O2/c1-18-9-6-14(21)12-13(18)4-5-15-16(18)7-10-19(2)17(15)8-11-20(19,3)22/h4,6,9,15-17,22H,5,7-8,10-12H2,1-3H3. The van der Waals surface area contributed by atoms with Crippen LogP contribution >= 0.6 is 0 Å². The maximum atomic E-state index is 11.8. The third-order valence-electron chi connectivity index (χ3n) is 8.08. The molecule has 0 aromatic rings. The molecule has 120 valence electrons. The van der Waals surface area contributed by atoms with Crippen molar-refractivity contribution in [2.75, 3.05) is 0 Å². The molecule has 0 aliphatic heterocycles. The second-order valence-electron chi connectivity index (χ2n) is 8.87. The van der Waals surface area contributed by atoms with Crippen LogP contribution in [0.2, 0.25) is 0 Å². The average Bonchev–Trinajstić information content (AvgIpc) is 2.70. The molecule has 0 aromatic heterocycles. The SMILES string of the molecule is CC12C=CC(=O)CC1=CCC1C2CCC2(C)C1CCC2(C)O. The van der Waals surface area contributed by atoms with Crippen molar-refractivity contribution in [3.05, 3.63) is 23.8 Å². The van der Waals surface area contributed by atoms with Crippen molar-refractivity contribution >= 4 is 5.78 Å². The van der Waals surface area contributed by atoms with Crippen LogP contribution in [0, 0.1) is 28.6 Å². The summed E-state index contributed by atoms with van der Waals surface area (Å²) in [5.41, 5.74) is 0.998. The van der Waals surface area contributed by atoms with E-state index in [4.69, 9.17) is 0 Å². The zero-order valence-corrected chi connectivity index (χ0v) is 14.1. The van der Waals surface area contributed by atoms with E-state index in [1.54, 1.807) is 0 Å². The Morgan fingerprint density at radius 1 is 1.14 bits per heavy atom. The normalized spacial score (nSPS) is 53.5. The molecule has 4 rings (SSSR count). The average molecular weight is 300 g/mol. The van der Waals surface area contributed by atoms with Gasteiger partial charge in [-0.2, -0.15) is 0 Å². The summed E-state index contributed by atoms with van der Waals surface area (Å²) in [6.45, 7) is 6.72. The van der Waals surface area contributed by atoms with Gasteiger partial charge in [0.15, 0.2) is 5.78 Å². The van der Waals surface area contributed by atoms with Crippen molar-refractivity contribution in [1.82, 2.24) is 0 Å². The van der Waals surface area contributed by atoms with E-state index in [-0.39, 0.29) is 16.6 Å². The molecule has 0 spiro atoms. The van der Waals surface area contributed by atoms with Gasteiger partial charge < -0.3 is 5.11 Å². The predicted molar refractivity (Wildman–Crippen MR) is 87.2 cm³/mol. The molecule has 4 aliphatic rings. The van der Waals surface area contributed by atoms with Gasteiger partial charge in [-0.15, -0.1) is 0 Å². The molecule has 1 N–H and O–H groups in total. The van der Waals surface area contributed by atoms with Gasteiger partial charge in [-0.1, -0.05) is 31.6 Å². The van der Waals surface area contributed by atoms with E-state index >= 15 is 0 Å². The summed E-state index contributed by atoms with van der Waals surface area (Å²) in [7, 11) is 0. The van der Waals surface area contributed by atoms with Gasteiger partial charge in [0.25, 0.3) is 0 Å². The quantitative estimate of drug-likeness (QED) is 0.685. The highest BCUT2D eigenvalue weighted by Crippen LogP contribution is 2.66. The fourth-order valence-electron chi connectivity index (χ4n) is 6.35. The molecule has 0 amide bonds. The number of carbonyl (C=O) groups excluding carboxylic acids is 1. The summed E-state index contributed by atoms with van der Waals surface area (Å²) in [6.07, 6.45) is 12.5. The minimum absolute atomic E-state index is 0.0735. The first kappa shape index (κ1) is 14.7. The molecule has 22 heavy (non-hydrogen) atoms. The third-order valence-corrected chi connectivity index (χ3v) is 8.08. The molecular weight excluding hydrogens is 272 g/mol. The van der Waals surface area contributed by atoms with Gasteiger partial charge >= 0.3 is 0 Å². The molecule has 2 saturated carbocycles. The first-order valence-electron chi connectivity index (χ1n) is 8.92. The summed E-state index contributed by atoms with van der Waals surface area (Å²) in [4.78, 5) is 11.8. The molecular formula is C20H28O2. The lowest BCUT2D eigenvalue weighted by atomic mass is 9.48. The van der Waals surface area contributed by atoms with E-state index in [9.17, 15) is 9.90 Å². The fourth-order valence-corrected chi connectivity index (χ4v) is 6.35. The minimum atomic E-state index is -0.508. The highest BCUT2D eigenvalue weighted by molar-refractivity contribution is 5.93. The summed E-state index contributed by atoms with van der Waals surface area (Å²) >= 11 is 0. The van der Waals surface area contributed by atoms with Gasteiger partial charge in [-0.05, 0) is 68.3 Å². The molecule has 6 unspecified atom stereocenters. The van der Waals surface area contributed by atoms with Crippen LogP contribution in [0.1, 0.15) is 59.3 Å². The van der Waals surface area contributed by atoms with Crippen LogP contribution in [-0.4, -0.2) is 16.5 Å². The van der Waals surface area contributed by atoms with Gasteiger partial charge in [0, 0.05) is 11.8 Å². The molecule has 0 aromatic carbocycles. The molecule has 2 nitrogen and oxygen atoms in total. The first-order valence-corrected chi connectivity index (χ1v) is 8.92. The van der Waals surface area contributed by atoms with Crippen LogP contribution in [0.5, 0.6) is 0 Å². The maximum Gasteiger partial charge on any atom is 0.159 e.